The molecular formula is C2H5CrO2. The summed E-state index contributed by atoms with van der Waals surface area (Å²) < 4.78 is 8.12. The Balaban J connectivity index is 0. The van der Waals surface area contributed by atoms with Crippen molar-refractivity contribution in [3.8, 4) is 0 Å². The van der Waals surface area contributed by atoms with Gasteiger partial charge in [-0.05, 0) is 6.92 Å². The maximum absolute atomic E-state index is 8.12. The first-order valence-corrected chi connectivity index (χ1v) is 1.50. The van der Waals surface area contributed by atoms with Crippen LogP contribution in [0.25, 0.3) is 0 Å². The summed E-state index contributed by atoms with van der Waals surface area (Å²) in [5.41, 5.74) is 0. The van der Waals surface area contributed by atoms with Gasteiger partial charge in [0.2, 0.25) is 0 Å². The Bertz CT molecular complexity index is 11.6. The van der Waals surface area contributed by atoms with Gasteiger partial charge in [-0.2, -0.15) is 0 Å². The molecule has 5 heavy (non-hydrogen) atoms. The van der Waals surface area contributed by atoms with E-state index in [2.05, 4.69) is 6.92 Å². The van der Waals surface area contributed by atoms with Gasteiger partial charge in [-0.1, -0.05) is 0 Å². The van der Waals surface area contributed by atoms with Crippen LogP contribution in [0, 0.1) is 6.92 Å². The van der Waals surface area contributed by atoms with Crippen LogP contribution in [0.3, 0.4) is 0 Å². The number of rotatable bonds is 0. The fourth-order valence-electron chi connectivity index (χ4n) is 0. The number of aliphatic hydroxyl groups excluding tert-OH is 1. The van der Waals surface area contributed by atoms with E-state index in [-0.39, 0.29) is 6.61 Å². The van der Waals surface area contributed by atoms with E-state index in [1.807, 2.05) is 0 Å². The molecule has 0 atom stereocenters. The summed E-state index contributed by atoms with van der Waals surface area (Å²) in [4.78, 5) is 0. The van der Waals surface area contributed by atoms with E-state index in [0.717, 1.165) is 0 Å². The van der Waals surface area contributed by atoms with E-state index >= 15 is 0 Å². The molecule has 2 nitrogen and oxygen atoms in total. The van der Waals surface area contributed by atoms with Gasteiger partial charge in [-0.3, -0.25) is 0 Å². The van der Waals surface area contributed by atoms with Crippen molar-refractivity contribution in [2.45, 2.75) is 0 Å². The third-order valence-corrected chi connectivity index (χ3v) is 0. The maximum atomic E-state index is 8.12. The minimum atomic E-state index is 0. The molecular weight excluding hydrogens is 108 g/mol. The molecule has 0 aliphatic rings. The molecule has 0 aliphatic heterocycles. The zero-order valence-corrected chi connectivity index (χ0v) is 3.95. The molecule has 0 bridgehead atoms. The molecule has 0 saturated carbocycles. The normalized spacial score (nSPS) is 4.40. The first kappa shape index (κ1) is 9.00. The standard InChI is InChI=1S/C2H5O.Cr.O/c1-2-3;;/h3H,1-2H2;;. The van der Waals surface area contributed by atoms with E-state index in [1.54, 1.807) is 0 Å². The summed E-state index contributed by atoms with van der Waals surface area (Å²) in [6.45, 7) is 3.04. The van der Waals surface area contributed by atoms with Crippen molar-refractivity contribution in [2.75, 3.05) is 6.61 Å². The van der Waals surface area contributed by atoms with Crippen LogP contribution in [0.1, 0.15) is 0 Å². The van der Waals surface area contributed by atoms with Crippen molar-refractivity contribution in [2.24, 2.45) is 0 Å². The second kappa shape index (κ2) is 27.9. The Morgan fingerprint density at radius 2 is 1.80 bits per heavy atom. The van der Waals surface area contributed by atoms with E-state index in [4.69, 9.17) is 8.91 Å². The monoisotopic (exact) mass is 113 g/mol. The zero-order chi connectivity index (χ0) is 4.71. The summed E-state index contributed by atoms with van der Waals surface area (Å²) in [7, 11) is 0. The average Bonchev–Trinajstić information content (AvgIpc) is 1.46. The first-order chi connectivity index (χ1) is 2.41. The molecule has 0 saturated heterocycles. The van der Waals surface area contributed by atoms with Crippen LogP contribution in [0.2, 0.25) is 0 Å². The fraction of sp³-hybridized carbons (Fsp3) is 0.500. The molecule has 0 heterocycles. The van der Waals surface area contributed by atoms with Crippen LogP contribution >= 0.6 is 0 Å². The second-order valence-electron chi connectivity index (χ2n) is 0.224. The summed E-state index contributed by atoms with van der Waals surface area (Å²) in [6, 6.07) is 0. The average molecular weight is 113 g/mol. The van der Waals surface area contributed by atoms with Crippen molar-refractivity contribution in [3.63, 3.8) is 0 Å². The zero-order valence-electron chi connectivity index (χ0n) is 2.68. The molecule has 0 spiro atoms. The topological polar surface area (TPSA) is 37.3 Å². The van der Waals surface area contributed by atoms with Crippen molar-refractivity contribution in [1.29, 1.82) is 0 Å². The van der Waals surface area contributed by atoms with Gasteiger partial charge in [0.15, 0.2) is 0 Å². The molecule has 0 amide bonds. The van der Waals surface area contributed by atoms with Gasteiger partial charge >= 0.3 is 20.0 Å². The second-order valence-corrected chi connectivity index (χ2v) is 0.224. The summed E-state index contributed by atoms with van der Waals surface area (Å²) in [5.74, 6) is 0. The van der Waals surface area contributed by atoms with Crippen LogP contribution in [-0.2, 0) is 20.0 Å². The summed E-state index contributed by atoms with van der Waals surface area (Å²) >= 11 is 1.38. The van der Waals surface area contributed by atoms with E-state index in [0.29, 0.717) is 0 Å². The molecule has 0 aromatic carbocycles. The predicted octanol–water partition coefficient (Wildman–Crippen LogP) is -0.309. The van der Waals surface area contributed by atoms with E-state index in [1.165, 1.54) is 16.2 Å². The molecule has 0 fully saturated rings. The van der Waals surface area contributed by atoms with Crippen LogP contribution in [0.5, 0.6) is 0 Å². The van der Waals surface area contributed by atoms with Crippen LogP contribution in [-0.4, -0.2) is 11.7 Å². The van der Waals surface area contributed by atoms with E-state index in [9.17, 15) is 0 Å². The number of hydrogen-bond donors (Lipinski definition) is 1. The molecule has 31 valence electrons. The van der Waals surface area contributed by atoms with Gasteiger partial charge < -0.3 is 5.11 Å². The van der Waals surface area contributed by atoms with Gasteiger partial charge in [0.25, 0.3) is 0 Å². The minimum absolute atomic E-state index is 0. The first-order valence-electron chi connectivity index (χ1n) is 0.983. The molecule has 1 N–H and O–H groups in total. The van der Waals surface area contributed by atoms with Crippen molar-refractivity contribution in [1.82, 2.24) is 0 Å². The van der Waals surface area contributed by atoms with Crippen LogP contribution < -0.4 is 0 Å². The summed E-state index contributed by atoms with van der Waals surface area (Å²) in [5, 5.41) is 7.46. The van der Waals surface area contributed by atoms with Crippen molar-refractivity contribution < 1.29 is 25.1 Å². The summed E-state index contributed by atoms with van der Waals surface area (Å²) in [6.07, 6.45) is 0. The van der Waals surface area contributed by atoms with Crippen molar-refractivity contribution in [3.05, 3.63) is 6.92 Å². The Hall–Kier alpha value is 0.292. The third kappa shape index (κ3) is 264. The van der Waals surface area contributed by atoms with Gasteiger partial charge in [0, 0.05) is 6.61 Å². The van der Waals surface area contributed by atoms with Gasteiger partial charge in [0.05, 0.1) is 0 Å². The molecule has 0 aliphatic carbocycles. The van der Waals surface area contributed by atoms with Crippen LogP contribution in [0.15, 0.2) is 0 Å². The third-order valence-electron chi connectivity index (χ3n) is 0. The molecule has 0 aromatic rings. The number of aliphatic hydroxyl groups is 1. The Morgan fingerprint density at radius 3 is 1.80 bits per heavy atom. The molecule has 3 heteroatoms. The van der Waals surface area contributed by atoms with Crippen LogP contribution in [0.4, 0.5) is 0 Å². The van der Waals surface area contributed by atoms with Gasteiger partial charge in [-0.15, -0.1) is 0 Å². The molecule has 1 radical (unpaired) electrons. The van der Waals surface area contributed by atoms with Gasteiger partial charge in [0.1, 0.15) is 0 Å². The predicted molar refractivity (Wildman–Crippen MR) is 13.1 cm³/mol. The fourth-order valence-corrected chi connectivity index (χ4v) is 0. The Labute approximate surface area is 39.4 Å². The Morgan fingerprint density at radius 1 is 1.80 bits per heavy atom. The van der Waals surface area contributed by atoms with E-state index < -0.39 is 0 Å². The van der Waals surface area contributed by atoms with Gasteiger partial charge in [-0.25, -0.2) is 0 Å². The Kier molecular flexibility index (Phi) is 50.1. The molecule has 0 unspecified atom stereocenters. The quantitative estimate of drug-likeness (QED) is 0.468. The number of hydrogen-bond acceptors (Lipinski definition) is 2. The van der Waals surface area contributed by atoms with Crippen molar-refractivity contribution >= 4 is 0 Å². The molecule has 0 rings (SSSR count). The molecule has 0 aromatic heterocycles. The SMILES string of the molecule is [CH2]CO.[O]=[Cr].